The molecule has 0 aliphatic rings. The lowest BCUT2D eigenvalue weighted by molar-refractivity contribution is -0.660. The molecule has 0 aliphatic heterocycles. The molecule has 0 saturated heterocycles. The first-order valence-electron chi connectivity index (χ1n) is 12.1. The van der Waals surface area contributed by atoms with Gasteiger partial charge in [-0.25, -0.2) is 9.55 Å². The number of aromatic nitrogens is 2. The Kier molecular flexibility index (Phi) is 2.44. The van der Waals surface area contributed by atoms with Crippen LogP contribution in [0.3, 0.4) is 0 Å². The lowest BCUT2D eigenvalue weighted by Gasteiger charge is -2.09. The van der Waals surface area contributed by atoms with Gasteiger partial charge in [0.25, 0.3) is 0 Å². The maximum atomic E-state index is 8.18. The van der Waals surface area contributed by atoms with Gasteiger partial charge in [-0.15, -0.1) is 0 Å². The molecule has 28 heavy (non-hydrogen) atoms. The van der Waals surface area contributed by atoms with Gasteiger partial charge in [-0.2, -0.15) is 0 Å². The molecule has 0 atom stereocenters. The van der Waals surface area contributed by atoms with Crippen LogP contribution >= 0.6 is 0 Å². The third-order valence-electron chi connectivity index (χ3n) is 5.37. The fourth-order valence-corrected chi connectivity index (χ4v) is 3.93. The fourth-order valence-electron chi connectivity index (χ4n) is 3.93. The Morgan fingerprint density at radius 3 is 2.61 bits per heavy atom. The number of para-hydroxylation sites is 1. The number of nitrogens with zero attached hydrogens (tertiary/aromatic N) is 2. The van der Waals surface area contributed by atoms with Crippen LogP contribution in [0.2, 0.25) is 0 Å². The Balaban J connectivity index is 1.93. The summed E-state index contributed by atoms with van der Waals surface area (Å²) in [6.45, 7) is -0.984. The van der Waals surface area contributed by atoms with E-state index < -0.39 is 13.7 Å². The van der Waals surface area contributed by atoms with Gasteiger partial charge in [-0.05, 0) is 56.4 Å². The van der Waals surface area contributed by atoms with Crippen molar-refractivity contribution in [2.45, 2.75) is 27.6 Å². The Morgan fingerprint density at radius 2 is 1.79 bits per heavy atom. The number of benzene rings is 2. The van der Waals surface area contributed by atoms with Crippen LogP contribution < -0.4 is 4.57 Å². The standard InChI is InChI=1S/C25H23N2O/c1-14-11-21(27(5)13-17(14)4)23-16(3)10-15(2)22-19-12-18-8-6-7-9-20(18)26-25(19)28-24(22)23/h6-13H,1-5H3/q+1/i2D3,4D3. The van der Waals surface area contributed by atoms with Gasteiger partial charge < -0.3 is 4.42 Å². The van der Waals surface area contributed by atoms with E-state index in [4.69, 9.17) is 12.6 Å². The molecule has 0 aliphatic carbocycles. The van der Waals surface area contributed by atoms with Gasteiger partial charge in [0, 0.05) is 36.0 Å². The second-order valence-electron chi connectivity index (χ2n) is 7.32. The highest BCUT2D eigenvalue weighted by Gasteiger charge is 2.23. The van der Waals surface area contributed by atoms with Crippen LogP contribution in [0.25, 0.3) is 44.2 Å². The molecule has 0 radical (unpaired) electrons. The van der Waals surface area contributed by atoms with Crippen molar-refractivity contribution in [3.8, 4) is 11.3 Å². The average Bonchev–Trinajstić information content (AvgIpc) is 3.09. The van der Waals surface area contributed by atoms with E-state index in [9.17, 15) is 0 Å². The summed E-state index contributed by atoms with van der Waals surface area (Å²) in [5.41, 5.74) is 4.82. The molecule has 3 aromatic heterocycles. The molecule has 3 heteroatoms. The molecule has 0 saturated carbocycles. The van der Waals surface area contributed by atoms with Gasteiger partial charge in [-0.3, -0.25) is 0 Å². The molecule has 138 valence electrons. The Morgan fingerprint density at radius 1 is 0.964 bits per heavy atom. The van der Waals surface area contributed by atoms with E-state index >= 15 is 0 Å². The van der Waals surface area contributed by atoms with Crippen molar-refractivity contribution in [1.82, 2.24) is 4.98 Å². The van der Waals surface area contributed by atoms with E-state index in [0.29, 0.717) is 33.2 Å². The van der Waals surface area contributed by atoms with Gasteiger partial charge in [0.2, 0.25) is 11.4 Å². The van der Waals surface area contributed by atoms with E-state index in [2.05, 4.69) is 4.98 Å². The minimum Gasteiger partial charge on any atom is -0.437 e. The van der Waals surface area contributed by atoms with E-state index in [-0.39, 0.29) is 11.1 Å². The number of hydrogen-bond donors (Lipinski definition) is 0. The second-order valence-corrected chi connectivity index (χ2v) is 7.32. The average molecular weight is 374 g/mol. The van der Waals surface area contributed by atoms with E-state index in [1.807, 2.05) is 43.3 Å². The summed E-state index contributed by atoms with van der Waals surface area (Å²) in [5.74, 6) is 0. The Hall–Kier alpha value is -3.20. The van der Waals surface area contributed by atoms with Crippen molar-refractivity contribution < 1.29 is 17.2 Å². The summed E-state index contributed by atoms with van der Waals surface area (Å²) in [7, 11) is 1.78. The lowest BCUT2D eigenvalue weighted by Crippen LogP contribution is -2.31. The summed E-state index contributed by atoms with van der Waals surface area (Å²) < 4.78 is 56.1. The molecule has 0 spiro atoms. The van der Waals surface area contributed by atoms with Crippen LogP contribution in [0.15, 0.2) is 53.1 Å². The largest absolute Gasteiger partial charge is 0.437 e. The SMILES string of the molecule is [2H]C([2H])([2H])c1c[n+](C)c(-c2c(C)cc(C([2H])([2H])[2H])c3c2oc2nc4ccccc4cc23)cc1C. The van der Waals surface area contributed by atoms with Crippen LogP contribution in [-0.2, 0) is 7.05 Å². The fraction of sp³-hybridized carbons (Fsp3) is 0.200. The van der Waals surface area contributed by atoms with E-state index in [0.717, 1.165) is 22.2 Å². The minimum absolute atomic E-state index is 0.207. The zero-order chi connectivity index (χ0) is 24.6. The molecule has 0 amide bonds. The topological polar surface area (TPSA) is 29.9 Å². The molecule has 0 fully saturated rings. The first-order valence-corrected chi connectivity index (χ1v) is 9.13. The smallest absolute Gasteiger partial charge is 0.227 e. The molecule has 2 aromatic carbocycles. The second kappa shape index (κ2) is 5.90. The van der Waals surface area contributed by atoms with E-state index in [1.165, 1.54) is 0 Å². The summed E-state index contributed by atoms with van der Waals surface area (Å²) in [6, 6.07) is 13.0. The molecular weight excluding hydrogens is 344 g/mol. The Labute approximate surface area is 172 Å². The number of fused-ring (bicyclic) bond motifs is 4. The molecular formula is C25H23N2O+. The lowest BCUT2D eigenvalue weighted by atomic mass is 9.96. The quantitative estimate of drug-likeness (QED) is 0.345. The first-order chi connectivity index (χ1) is 15.9. The van der Waals surface area contributed by atoms with Crippen molar-refractivity contribution >= 4 is 33.0 Å². The van der Waals surface area contributed by atoms with Crippen molar-refractivity contribution in [1.29, 1.82) is 0 Å². The molecule has 5 aromatic rings. The number of rotatable bonds is 1. The third kappa shape index (κ3) is 2.36. The van der Waals surface area contributed by atoms with Crippen molar-refractivity contribution in [2.24, 2.45) is 7.05 Å². The van der Waals surface area contributed by atoms with Crippen molar-refractivity contribution in [2.75, 3.05) is 0 Å². The minimum atomic E-state index is -2.35. The molecule has 5 rings (SSSR count). The maximum Gasteiger partial charge on any atom is 0.227 e. The summed E-state index contributed by atoms with van der Waals surface area (Å²) >= 11 is 0. The van der Waals surface area contributed by atoms with Gasteiger partial charge in [0.05, 0.1) is 11.1 Å². The number of pyridine rings is 2. The predicted molar refractivity (Wildman–Crippen MR) is 115 cm³/mol. The van der Waals surface area contributed by atoms with Gasteiger partial charge >= 0.3 is 0 Å². The summed E-state index contributed by atoms with van der Waals surface area (Å²) in [4.78, 5) is 4.66. The normalized spacial score (nSPS) is 15.8. The Bertz CT molecular complexity index is 1610. The maximum absolute atomic E-state index is 8.18. The van der Waals surface area contributed by atoms with Gasteiger partial charge in [0.15, 0.2) is 11.8 Å². The van der Waals surface area contributed by atoms with Gasteiger partial charge in [0.1, 0.15) is 7.05 Å². The molecule has 3 heterocycles. The number of furan rings is 1. The molecule has 3 nitrogen and oxygen atoms in total. The van der Waals surface area contributed by atoms with Crippen LogP contribution in [0.4, 0.5) is 0 Å². The van der Waals surface area contributed by atoms with Crippen LogP contribution in [0.1, 0.15) is 30.5 Å². The van der Waals surface area contributed by atoms with Crippen molar-refractivity contribution in [3.63, 3.8) is 0 Å². The highest BCUT2D eigenvalue weighted by Crippen LogP contribution is 2.39. The number of hydrogen-bond acceptors (Lipinski definition) is 2. The highest BCUT2D eigenvalue weighted by atomic mass is 16.3. The predicted octanol–water partition coefficient (Wildman–Crippen LogP) is 5.86. The zero-order valence-corrected chi connectivity index (χ0v) is 15.9. The van der Waals surface area contributed by atoms with Crippen LogP contribution in [0.5, 0.6) is 0 Å². The van der Waals surface area contributed by atoms with Gasteiger partial charge in [-0.1, -0.05) is 24.3 Å². The molecule has 0 unspecified atom stereocenters. The van der Waals surface area contributed by atoms with Crippen LogP contribution in [0, 0.1) is 27.6 Å². The zero-order valence-electron chi connectivity index (χ0n) is 21.9. The molecule has 0 N–H and O–H groups in total. The van der Waals surface area contributed by atoms with Crippen molar-refractivity contribution in [3.05, 3.63) is 70.9 Å². The monoisotopic (exact) mass is 373 g/mol. The van der Waals surface area contributed by atoms with E-state index in [1.54, 1.807) is 30.8 Å². The summed E-state index contributed by atoms with van der Waals surface area (Å²) in [6.07, 6.45) is 1.61. The summed E-state index contributed by atoms with van der Waals surface area (Å²) in [5, 5.41) is 2.03. The third-order valence-corrected chi connectivity index (χ3v) is 5.37. The highest BCUT2D eigenvalue weighted by molar-refractivity contribution is 6.12. The number of aryl methyl sites for hydroxylation is 5. The molecule has 0 bridgehead atoms. The van der Waals surface area contributed by atoms with Crippen LogP contribution in [-0.4, -0.2) is 4.98 Å². The first kappa shape index (κ1) is 11.6.